The fraction of sp³-hybridized carbons (Fsp3) is 0.200. The zero-order chi connectivity index (χ0) is 15.6. The highest BCUT2D eigenvalue weighted by molar-refractivity contribution is 6.31. The fourth-order valence-corrected chi connectivity index (χ4v) is 2.01. The zero-order valence-electron chi connectivity index (χ0n) is 11.9. The first kappa shape index (κ1) is 15.1. The number of methoxy groups -OCH3 is 1. The van der Waals surface area contributed by atoms with Crippen LogP contribution in [0.3, 0.4) is 0 Å². The van der Waals surface area contributed by atoms with Crippen LogP contribution >= 0.6 is 11.6 Å². The van der Waals surface area contributed by atoms with Gasteiger partial charge in [-0.1, -0.05) is 11.6 Å². The molecule has 0 saturated heterocycles. The van der Waals surface area contributed by atoms with Crippen molar-refractivity contribution in [2.24, 2.45) is 0 Å². The molecule has 6 heteroatoms. The van der Waals surface area contributed by atoms with Crippen LogP contribution in [0, 0.1) is 6.92 Å². The van der Waals surface area contributed by atoms with Gasteiger partial charge in [-0.05, 0) is 30.7 Å². The number of benzene rings is 1. The molecular formula is C15H15ClN2O3. The lowest BCUT2D eigenvalue weighted by Gasteiger charge is -2.11. The number of ketones is 1. The number of halogens is 1. The second-order valence-electron chi connectivity index (χ2n) is 4.60. The predicted octanol–water partition coefficient (Wildman–Crippen LogP) is 3.44. The van der Waals surface area contributed by atoms with Crippen molar-refractivity contribution in [1.82, 2.24) is 4.98 Å². The van der Waals surface area contributed by atoms with E-state index in [1.807, 2.05) is 6.92 Å². The molecule has 5 nitrogen and oxygen atoms in total. The maximum Gasteiger partial charge on any atom is 0.272 e. The summed E-state index contributed by atoms with van der Waals surface area (Å²) in [7, 11) is 1.50. The van der Waals surface area contributed by atoms with E-state index in [2.05, 4.69) is 10.3 Å². The van der Waals surface area contributed by atoms with Crippen molar-refractivity contribution in [3.05, 3.63) is 46.2 Å². The Hall–Kier alpha value is -2.27. The number of amides is 1. The van der Waals surface area contributed by atoms with E-state index in [1.54, 1.807) is 24.3 Å². The summed E-state index contributed by atoms with van der Waals surface area (Å²) in [5.74, 6) is -0.0196. The molecule has 0 aliphatic carbocycles. The van der Waals surface area contributed by atoms with Gasteiger partial charge in [0.15, 0.2) is 5.78 Å². The Morgan fingerprint density at radius 1 is 1.24 bits per heavy atom. The second kappa shape index (κ2) is 6.01. The van der Waals surface area contributed by atoms with Crippen LogP contribution in [-0.4, -0.2) is 23.8 Å². The summed E-state index contributed by atoms with van der Waals surface area (Å²) in [6.07, 6.45) is 0. The lowest BCUT2D eigenvalue weighted by molar-refractivity contribution is 0.101. The van der Waals surface area contributed by atoms with E-state index in [4.69, 9.17) is 16.3 Å². The van der Waals surface area contributed by atoms with Crippen LogP contribution in [0.5, 0.6) is 5.75 Å². The molecule has 1 heterocycles. The fourth-order valence-electron chi connectivity index (χ4n) is 1.85. The molecule has 0 aliphatic heterocycles. The Morgan fingerprint density at radius 2 is 1.90 bits per heavy atom. The van der Waals surface area contributed by atoms with Gasteiger partial charge in [-0.2, -0.15) is 0 Å². The monoisotopic (exact) mass is 306 g/mol. The van der Waals surface area contributed by atoms with Gasteiger partial charge in [-0.25, -0.2) is 0 Å². The molecular weight excluding hydrogens is 292 g/mol. The number of aromatic nitrogens is 1. The normalized spacial score (nSPS) is 10.3. The number of ether oxygens (including phenoxy) is 1. The molecule has 0 spiro atoms. The van der Waals surface area contributed by atoms with Crippen LogP contribution in [0.25, 0.3) is 0 Å². The SMILES string of the molecule is COc1cc(Cl)c(C)cc1NC(=O)c1ccc(C(C)=O)[nH]1. The van der Waals surface area contributed by atoms with Gasteiger partial charge < -0.3 is 15.0 Å². The number of H-pyrrole nitrogens is 1. The van der Waals surface area contributed by atoms with Crippen molar-refractivity contribution in [1.29, 1.82) is 0 Å². The lowest BCUT2D eigenvalue weighted by atomic mass is 10.2. The average Bonchev–Trinajstić information content (AvgIpc) is 2.92. The Balaban J connectivity index is 2.26. The number of aromatic amines is 1. The summed E-state index contributed by atoms with van der Waals surface area (Å²) in [5.41, 5.74) is 2.03. The maximum atomic E-state index is 12.2. The van der Waals surface area contributed by atoms with E-state index in [9.17, 15) is 9.59 Å². The van der Waals surface area contributed by atoms with E-state index in [-0.39, 0.29) is 11.7 Å². The van der Waals surface area contributed by atoms with Crippen molar-refractivity contribution in [2.75, 3.05) is 12.4 Å². The molecule has 0 fully saturated rings. The lowest BCUT2D eigenvalue weighted by Crippen LogP contribution is -2.13. The van der Waals surface area contributed by atoms with Crippen molar-refractivity contribution >= 4 is 29.0 Å². The topological polar surface area (TPSA) is 71.2 Å². The summed E-state index contributed by atoms with van der Waals surface area (Å²) >= 11 is 6.02. The minimum absolute atomic E-state index is 0.131. The molecule has 2 aromatic rings. The van der Waals surface area contributed by atoms with Crippen molar-refractivity contribution in [3.8, 4) is 5.75 Å². The number of Topliss-reactive ketones (excluding diaryl/α,β-unsaturated/α-hetero) is 1. The van der Waals surface area contributed by atoms with Crippen molar-refractivity contribution in [2.45, 2.75) is 13.8 Å². The highest BCUT2D eigenvalue weighted by atomic mass is 35.5. The first-order valence-electron chi connectivity index (χ1n) is 6.27. The molecule has 1 aromatic heterocycles. The number of aryl methyl sites for hydroxylation is 1. The summed E-state index contributed by atoms with van der Waals surface area (Å²) in [5, 5.41) is 3.29. The minimum Gasteiger partial charge on any atom is -0.495 e. The molecule has 2 rings (SSSR count). The van der Waals surface area contributed by atoms with Gasteiger partial charge >= 0.3 is 0 Å². The average molecular weight is 307 g/mol. The van der Waals surface area contributed by atoms with Crippen LogP contribution in [0.1, 0.15) is 33.5 Å². The summed E-state index contributed by atoms with van der Waals surface area (Å²) < 4.78 is 5.20. The number of anilines is 1. The Bertz CT molecular complexity index is 707. The Morgan fingerprint density at radius 3 is 2.48 bits per heavy atom. The number of carbonyl (C=O) groups excluding carboxylic acids is 2. The van der Waals surface area contributed by atoms with E-state index >= 15 is 0 Å². The van der Waals surface area contributed by atoms with E-state index in [0.717, 1.165) is 5.56 Å². The molecule has 0 atom stereocenters. The van der Waals surface area contributed by atoms with Crippen molar-refractivity contribution in [3.63, 3.8) is 0 Å². The van der Waals surface area contributed by atoms with Crippen LogP contribution in [0.15, 0.2) is 24.3 Å². The molecule has 21 heavy (non-hydrogen) atoms. The number of carbonyl (C=O) groups is 2. The van der Waals surface area contributed by atoms with Gasteiger partial charge in [0.1, 0.15) is 11.4 Å². The first-order valence-corrected chi connectivity index (χ1v) is 6.65. The van der Waals surface area contributed by atoms with E-state index in [0.29, 0.717) is 27.8 Å². The summed E-state index contributed by atoms with van der Waals surface area (Å²) in [6.45, 7) is 3.26. The molecule has 2 N–H and O–H groups in total. The van der Waals surface area contributed by atoms with Crippen LogP contribution < -0.4 is 10.1 Å². The standard InChI is InChI=1S/C15H15ClN2O3/c1-8-6-13(14(21-3)7-10(8)16)18-15(20)12-5-4-11(17-12)9(2)19/h4-7,17H,1-3H3,(H,18,20). The quantitative estimate of drug-likeness (QED) is 0.850. The second-order valence-corrected chi connectivity index (χ2v) is 5.00. The van der Waals surface area contributed by atoms with Gasteiger partial charge in [-0.3, -0.25) is 9.59 Å². The number of rotatable bonds is 4. The number of hydrogen-bond donors (Lipinski definition) is 2. The van der Waals surface area contributed by atoms with Crippen LogP contribution in [-0.2, 0) is 0 Å². The van der Waals surface area contributed by atoms with Gasteiger partial charge in [0.05, 0.1) is 18.5 Å². The number of nitrogens with one attached hydrogen (secondary N) is 2. The maximum absolute atomic E-state index is 12.2. The molecule has 110 valence electrons. The number of hydrogen-bond acceptors (Lipinski definition) is 3. The highest BCUT2D eigenvalue weighted by Crippen LogP contribution is 2.31. The first-order chi connectivity index (χ1) is 9.92. The Kier molecular flexibility index (Phi) is 4.33. The molecule has 0 aliphatic rings. The molecule has 0 bridgehead atoms. The van der Waals surface area contributed by atoms with Gasteiger partial charge in [0.25, 0.3) is 5.91 Å². The molecule has 1 amide bonds. The third kappa shape index (κ3) is 3.25. The summed E-state index contributed by atoms with van der Waals surface area (Å²) in [6, 6.07) is 6.50. The largest absolute Gasteiger partial charge is 0.495 e. The van der Waals surface area contributed by atoms with Crippen LogP contribution in [0.2, 0.25) is 5.02 Å². The van der Waals surface area contributed by atoms with Crippen LogP contribution in [0.4, 0.5) is 5.69 Å². The minimum atomic E-state index is -0.359. The molecule has 0 unspecified atom stereocenters. The van der Waals surface area contributed by atoms with E-state index < -0.39 is 0 Å². The molecule has 0 saturated carbocycles. The van der Waals surface area contributed by atoms with E-state index in [1.165, 1.54) is 14.0 Å². The molecule has 0 radical (unpaired) electrons. The Labute approximate surface area is 127 Å². The third-order valence-electron chi connectivity index (χ3n) is 3.04. The van der Waals surface area contributed by atoms with Gasteiger partial charge in [0.2, 0.25) is 0 Å². The third-order valence-corrected chi connectivity index (χ3v) is 3.45. The van der Waals surface area contributed by atoms with Gasteiger partial charge in [-0.15, -0.1) is 0 Å². The zero-order valence-corrected chi connectivity index (χ0v) is 12.7. The summed E-state index contributed by atoms with van der Waals surface area (Å²) in [4.78, 5) is 26.2. The van der Waals surface area contributed by atoms with Crippen molar-refractivity contribution < 1.29 is 14.3 Å². The molecule has 1 aromatic carbocycles. The predicted molar refractivity (Wildman–Crippen MR) is 81.5 cm³/mol. The van der Waals surface area contributed by atoms with Gasteiger partial charge in [0, 0.05) is 18.0 Å². The highest BCUT2D eigenvalue weighted by Gasteiger charge is 2.14. The smallest absolute Gasteiger partial charge is 0.272 e.